The summed E-state index contributed by atoms with van der Waals surface area (Å²) in [7, 11) is 0. The highest BCUT2D eigenvalue weighted by atomic mass is 35.5. The Labute approximate surface area is 134 Å². The molecule has 3 nitrogen and oxygen atoms in total. The van der Waals surface area contributed by atoms with Crippen molar-refractivity contribution in [2.24, 2.45) is 0 Å². The van der Waals surface area contributed by atoms with Crippen LogP contribution in [0, 0.1) is 0 Å². The largest absolute Gasteiger partial charge is 0.506 e. The van der Waals surface area contributed by atoms with Crippen LogP contribution < -0.4 is 5.32 Å². The van der Waals surface area contributed by atoms with E-state index in [4.69, 9.17) is 28.3 Å². The molecule has 0 saturated heterocycles. The van der Waals surface area contributed by atoms with Gasteiger partial charge in [0.1, 0.15) is 5.75 Å². The number of hydrogen-bond acceptors (Lipinski definition) is 3. The fourth-order valence-corrected chi connectivity index (χ4v) is 2.56. The summed E-state index contributed by atoms with van der Waals surface area (Å²) in [5.74, 6) is 0.0702. The Balaban J connectivity index is 1.84. The van der Waals surface area contributed by atoms with Crippen LogP contribution in [0.5, 0.6) is 5.75 Å². The summed E-state index contributed by atoms with van der Waals surface area (Å²) in [6, 6.07) is 11.0. The zero-order chi connectivity index (χ0) is 15.2. The average molecular weight is 326 g/mol. The van der Waals surface area contributed by atoms with E-state index in [1.54, 1.807) is 6.07 Å². The van der Waals surface area contributed by atoms with Crippen molar-refractivity contribution in [3.8, 4) is 5.75 Å². The Hall–Kier alpha value is -1.26. The third-order valence-corrected chi connectivity index (χ3v) is 3.72. The van der Waals surface area contributed by atoms with Gasteiger partial charge in [0, 0.05) is 17.1 Å². The molecule has 0 unspecified atom stereocenters. The van der Waals surface area contributed by atoms with E-state index in [1.807, 2.05) is 24.3 Å². The van der Waals surface area contributed by atoms with Gasteiger partial charge in [0.15, 0.2) is 0 Å². The highest BCUT2D eigenvalue weighted by Crippen LogP contribution is 2.30. The zero-order valence-corrected chi connectivity index (χ0v) is 13.0. The number of benzene rings is 2. The fourth-order valence-electron chi connectivity index (χ4n) is 2.02. The predicted octanol–water partition coefficient (Wildman–Crippen LogP) is 3.52. The number of phenolic OH excluding ortho intramolecular Hbond substituents is 1. The van der Waals surface area contributed by atoms with Gasteiger partial charge in [-0.25, -0.2) is 0 Å². The van der Waals surface area contributed by atoms with Crippen LogP contribution in [-0.2, 0) is 19.6 Å². The third kappa shape index (κ3) is 4.61. The number of nitrogens with one attached hydrogen (secondary N) is 1. The minimum atomic E-state index is 0.0628. The molecule has 0 aliphatic rings. The average Bonchev–Trinajstić information content (AvgIpc) is 2.49. The highest BCUT2D eigenvalue weighted by Gasteiger charge is 2.07. The van der Waals surface area contributed by atoms with Crippen LogP contribution in [-0.4, -0.2) is 16.8 Å². The lowest BCUT2D eigenvalue weighted by Crippen LogP contribution is -2.16. The summed E-state index contributed by atoms with van der Waals surface area (Å²) in [5.41, 5.74) is 2.78. The molecule has 0 amide bonds. The molecule has 2 aromatic carbocycles. The van der Waals surface area contributed by atoms with Gasteiger partial charge in [0.05, 0.1) is 11.6 Å². The van der Waals surface area contributed by atoms with Crippen LogP contribution in [0.25, 0.3) is 0 Å². The lowest BCUT2D eigenvalue weighted by Gasteiger charge is -2.09. The second-order valence-electron chi connectivity index (χ2n) is 4.80. The molecular formula is C16H17Cl2NO2. The Bertz CT molecular complexity index is 600. The second-order valence-corrected chi connectivity index (χ2v) is 5.64. The van der Waals surface area contributed by atoms with Gasteiger partial charge in [-0.05, 0) is 36.2 Å². The Morgan fingerprint density at radius 2 is 1.67 bits per heavy atom. The molecule has 0 fully saturated rings. The Kier molecular flexibility index (Phi) is 5.88. The van der Waals surface area contributed by atoms with Crippen LogP contribution in [0.2, 0.25) is 10.0 Å². The molecule has 112 valence electrons. The van der Waals surface area contributed by atoms with E-state index in [2.05, 4.69) is 5.32 Å². The summed E-state index contributed by atoms with van der Waals surface area (Å²) >= 11 is 11.8. The lowest BCUT2D eigenvalue weighted by molar-refractivity contribution is 0.282. The second kappa shape index (κ2) is 7.66. The first-order valence-electron chi connectivity index (χ1n) is 6.66. The maximum atomic E-state index is 9.84. The van der Waals surface area contributed by atoms with Crippen molar-refractivity contribution >= 4 is 23.2 Å². The molecule has 0 bridgehead atoms. The minimum Gasteiger partial charge on any atom is -0.506 e. The van der Waals surface area contributed by atoms with Crippen molar-refractivity contribution in [2.45, 2.75) is 19.6 Å². The summed E-state index contributed by atoms with van der Waals surface area (Å²) < 4.78 is 0. The molecule has 5 heteroatoms. The van der Waals surface area contributed by atoms with E-state index in [1.165, 1.54) is 11.6 Å². The maximum absolute atomic E-state index is 9.84. The van der Waals surface area contributed by atoms with Crippen LogP contribution in [0.3, 0.4) is 0 Å². The molecular weight excluding hydrogens is 309 g/mol. The van der Waals surface area contributed by atoms with Gasteiger partial charge in [-0.15, -0.1) is 0 Å². The van der Waals surface area contributed by atoms with Crippen molar-refractivity contribution < 1.29 is 10.2 Å². The minimum absolute atomic E-state index is 0.0628. The van der Waals surface area contributed by atoms with Crippen LogP contribution >= 0.6 is 23.2 Å². The maximum Gasteiger partial charge on any atom is 0.138 e. The van der Waals surface area contributed by atoms with Crippen molar-refractivity contribution in [3.05, 3.63) is 63.1 Å². The Morgan fingerprint density at radius 1 is 1.00 bits per heavy atom. The van der Waals surface area contributed by atoms with Gasteiger partial charge in [0.25, 0.3) is 0 Å². The number of aliphatic hydroxyl groups is 1. The fraction of sp³-hybridized carbons (Fsp3) is 0.250. The van der Waals surface area contributed by atoms with Crippen LogP contribution in [0.1, 0.15) is 16.7 Å². The predicted molar refractivity (Wildman–Crippen MR) is 85.9 cm³/mol. The van der Waals surface area contributed by atoms with Gasteiger partial charge in [-0.3, -0.25) is 0 Å². The highest BCUT2D eigenvalue weighted by molar-refractivity contribution is 6.35. The molecule has 0 aliphatic heterocycles. The zero-order valence-electron chi connectivity index (χ0n) is 11.4. The molecule has 0 radical (unpaired) electrons. The lowest BCUT2D eigenvalue weighted by atomic mass is 10.1. The summed E-state index contributed by atoms with van der Waals surface area (Å²) in [6.07, 6.45) is 0.862. The first-order chi connectivity index (χ1) is 10.1. The summed E-state index contributed by atoms with van der Waals surface area (Å²) in [6.45, 7) is 1.33. The standard InChI is InChI=1S/C16H17Cl2NO2/c17-14-7-13(16(21)15(18)8-14)9-19-6-5-11-1-3-12(10-20)4-2-11/h1-4,7-8,19-21H,5-6,9-10H2. The molecule has 0 aromatic heterocycles. The van der Waals surface area contributed by atoms with Crippen LogP contribution in [0.4, 0.5) is 0 Å². The molecule has 2 rings (SSSR count). The van der Waals surface area contributed by atoms with Crippen molar-refractivity contribution in [1.82, 2.24) is 5.32 Å². The third-order valence-electron chi connectivity index (χ3n) is 3.22. The molecule has 0 aliphatic carbocycles. The number of halogens is 2. The molecule has 0 atom stereocenters. The molecule has 3 N–H and O–H groups in total. The first kappa shape index (κ1) is 16.1. The number of aromatic hydroxyl groups is 1. The van der Waals surface area contributed by atoms with Gasteiger partial charge in [-0.2, -0.15) is 0 Å². The van der Waals surface area contributed by atoms with Crippen molar-refractivity contribution in [3.63, 3.8) is 0 Å². The molecule has 2 aromatic rings. The van der Waals surface area contributed by atoms with Gasteiger partial charge < -0.3 is 15.5 Å². The normalized spacial score (nSPS) is 10.8. The summed E-state index contributed by atoms with van der Waals surface area (Å²) in [5, 5.41) is 22.8. The van der Waals surface area contributed by atoms with E-state index in [-0.39, 0.29) is 17.4 Å². The van der Waals surface area contributed by atoms with E-state index >= 15 is 0 Å². The van der Waals surface area contributed by atoms with E-state index in [9.17, 15) is 5.11 Å². The van der Waals surface area contributed by atoms with Crippen molar-refractivity contribution in [1.29, 1.82) is 0 Å². The van der Waals surface area contributed by atoms with E-state index in [0.29, 0.717) is 17.1 Å². The van der Waals surface area contributed by atoms with E-state index < -0.39 is 0 Å². The molecule has 0 saturated carbocycles. The topological polar surface area (TPSA) is 52.5 Å². The smallest absolute Gasteiger partial charge is 0.138 e. The molecule has 21 heavy (non-hydrogen) atoms. The quantitative estimate of drug-likeness (QED) is 0.712. The monoisotopic (exact) mass is 325 g/mol. The van der Waals surface area contributed by atoms with Crippen LogP contribution in [0.15, 0.2) is 36.4 Å². The van der Waals surface area contributed by atoms with Gasteiger partial charge in [0.2, 0.25) is 0 Å². The molecule has 0 heterocycles. The van der Waals surface area contributed by atoms with Gasteiger partial charge in [-0.1, -0.05) is 47.5 Å². The Morgan fingerprint density at radius 3 is 2.33 bits per heavy atom. The van der Waals surface area contributed by atoms with Gasteiger partial charge >= 0.3 is 0 Å². The molecule has 0 spiro atoms. The SMILES string of the molecule is OCc1ccc(CCNCc2cc(Cl)cc(Cl)c2O)cc1. The number of hydrogen-bond donors (Lipinski definition) is 3. The van der Waals surface area contributed by atoms with Crippen molar-refractivity contribution in [2.75, 3.05) is 6.54 Å². The number of rotatable bonds is 6. The number of aliphatic hydroxyl groups excluding tert-OH is 1. The first-order valence-corrected chi connectivity index (χ1v) is 7.42. The number of phenols is 1. The summed E-state index contributed by atoms with van der Waals surface area (Å²) in [4.78, 5) is 0. The van der Waals surface area contributed by atoms with E-state index in [0.717, 1.165) is 18.5 Å².